The molecule has 0 saturated heterocycles. The van der Waals surface area contributed by atoms with Gasteiger partial charge in [-0.1, -0.05) is 6.92 Å². The highest BCUT2D eigenvalue weighted by Crippen LogP contribution is 2.24. The number of aryl methyl sites for hydroxylation is 1. The normalized spacial score (nSPS) is 13.9. The first kappa shape index (κ1) is 9.96. The first-order chi connectivity index (χ1) is 7.15. The maximum absolute atomic E-state index is 11.6. The van der Waals surface area contributed by atoms with Crippen molar-refractivity contribution < 1.29 is 9.90 Å². The van der Waals surface area contributed by atoms with Crippen LogP contribution in [0, 0.1) is 0 Å². The molecule has 80 valence electrons. The van der Waals surface area contributed by atoms with Crippen LogP contribution in [0.5, 0.6) is 0 Å². The van der Waals surface area contributed by atoms with E-state index in [-0.39, 0.29) is 5.56 Å². The monoisotopic (exact) mass is 207 g/mol. The van der Waals surface area contributed by atoms with E-state index in [1.54, 1.807) is 0 Å². The molecule has 2 rings (SSSR count). The third-order valence-corrected chi connectivity index (χ3v) is 2.94. The number of hydrogen-bond acceptors (Lipinski definition) is 2. The van der Waals surface area contributed by atoms with E-state index < -0.39 is 11.5 Å². The maximum Gasteiger partial charge on any atom is 0.341 e. The molecule has 1 aliphatic rings. The Morgan fingerprint density at radius 1 is 1.47 bits per heavy atom. The number of H-pyrrole nitrogens is 1. The summed E-state index contributed by atoms with van der Waals surface area (Å²) in [7, 11) is 0. The molecule has 0 bridgehead atoms. The highest BCUT2D eigenvalue weighted by Gasteiger charge is 2.23. The topological polar surface area (TPSA) is 70.2 Å². The van der Waals surface area contributed by atoms with Gasteiger partial charge in [-0.15, -0.1) is 0 Å². The van der Waals surface area contributed by atoms with Crippen molar-refractivity contribution >= 4 is 5.97 Å². The minimum absolute atomic E-state index is 0.0712. The van der Waals surface area contributed by atoms with Gasteiger partial charge in [0.2, 0.25) is 0 Å². The summed E-state index contributed by atoms with van der Waals surface area (Å²) in [6.45, 7) is 1.89. The van der Waals surface area contributed by atoms with Crippen LogP contribution in [0.25, 0.3) is 0 Å². The van der Waals surface area contributed by atoms with Gasteiger partial charge in [-0.2, -0.15) is 0 Å². The first-order valence-corrected chi connectivity index (χ1v) is 5.15. The van der Waals surface area contributed by atoms with Gasteiger partial charge < -0.3 is 10.1 Å². The number of pyridine rings is 1. The fourth-order valence-corrected chi connectivity index (χ4v) is 2.32. The number of aromatic amines is 1. The van der Waals surface area contributed by atoms with E-state index in [4.69, 9.17) is 5.11 Å². The van der Waals surface area contributed by atoms with Crippen LogP contribution in [0.2, 0.25) is 0 Å². The maximum atomic E-state index is 11.6. The van der Waals surface area contributed by atoms with E-state index in [1.165, 1.54) is 0 Å². The average molecular weight is 207 g/mol. The molecule has 0 aromatic carbocycles. The van der Waals surface area contributed by atoms with Gasteiger partial charge in [-0.05, 0) is 36.8 Å². The van der Waals surface area contributed by atoms with Crippen LogP contribution in [0.3, 0.4) is 0 Å². The Kier molecular flexibility index (Phi) is 2.34. The summed E-state index contributed by atoms with van der Waals surface area (Å²) in [5, 5.41) is 8.99. The summed E-state index contributed by atoms with van der Waals surface area (Å²) in [6, 6.07) is 0. The number of hydrogen-bond donors (Lipinski definition) is 2. The second-order valence-electron chi connectivity index (χ2n) is 3.78. The van der Waals surface area contributed by atoms with Crippen LogP contribution < -0.4 is 5.56 Å². The highest BCUT2D eigenvalue weighted by molar-refractivity contribution is 5.89. The predicted molar refractivity (Wildman–Crippen MR) is 55.4 cm³/mol. The summed E-state index contributed by atoms with van der Waals surface area (Å²) < 4.78 is 0. The molecule has 1 aromatic rings. The molecule has 2 N–H and O–H groups in total. The summed E-state index contributed by atoms with van der Waals surface area (Å²) in [5.74, 6) is -1.12. The van der Waals surface area contributed by atoms with Crippen molar-refractivity contribution in [2.75, 3.05) is 0 Å². The van der Waals surface area contributed by atoms with E-state index in [0.717, 1.165) is 36.1 Å². The number of aromatic carboxylic acids is 1. The minimum Gasteiger partial charge on any atom is -0.477 e. The number of carboxylic acids is 1. The summed E-state index contributed by atoms with van der Waals surface area (Å²) in [5.41, 5.74) is 2.17. The molecule has 0 fully saturated rings. The van der Waals surface area contributed by atoms with Gasteiger partial charge in [0.05, 0.1) is 0 Å². The Labute approximate surface area is 87.0 Å². The second kappa shape index (κ2) is 3.53. The van der Waals surface area contributed by atoms with Gasteiger partial charge >= 0.3 is 5.97 Å². The van der Waals surface area contributed by atoms with Crippen molar-refractivity contribution in [3.8, 4) is 0 Å². The van der Waals surface area contributed by atoms with Crippen molar-refractivity contribution in [3.63, 3.8) is 0 Å². The lowest BCUT2D eigenvalue weighted by Crippen LogP contribution is -2.23. The van der Waals surface area contributed by atoms with Crippen LogP contribution >= 0.6 is 0 Å². The Balaban J connectivity index is 2.75. The Hall–Kier alpha value is -1.58. The molecule has 1 aliphatic carbocycles. The molecular formula is C11H13NO3. The van der Waals surface area contributed by atoms with Crippen LogP contribution in [-0.4, -0.2) is 16.1 Å². The molecule has 0 saturated carbocycles. The van der Waals surface area contributed by atoms with E-state index in [9.17, 15) is 9.59 Å². The molecule has 1 heterocycles. The van der Waals surface area contributed by atoms with Crippen LogP contribution in [-0.2, 0) is 19.3 Å². The number of fused-ring (bicyclic) bond motifs is 1. The van der Waals surface area contributed by atoms with Crippen molar-refractivity contribution in [2.45, 2.75) is 32.6 Å². The smallest absolute Gasteiger partial charge is 0.341 e. The molecule has 0 atom stereocenters. The first-order valence-electron chi connectivity index (χ1n) is 5.15. The van der Waals surface area contributed by atoms with E-state index in [1.807, 2.05) is 6.92 Å². The van der Waals surface area contributed by atoms with E-state index >= 15 is 0 Å². The quantitative estimate of drug-likeness (QED) is 0.763. The predicted octanol–water partition coefficient (Wildman–Crippen LogP) is 1.12. The third-order valence-electron chi connectivity index (χ3n) is 2.94. The van der Waals surface area contributed by atoms with Gasteiger partial charge in [0.25, 0.3) is 5.56 Å². The molecule has 15 heavy (non-hydrogen) atoms. The van der Waals surface area contributed by atoms with E-state index in [0.29, 0.717) is 6.42 Å². The van der Waals surface area contributed by atoms with Gasteiger partial charge in [-0.3, -0.25) is 4.79 Å². The lowest BCUT2D eigenvalue weighted by Gasteiger charge is -2.09. The molecule has 0 unspecified atom stereocenters. The Morgan fingerprint density at radius 2 is 2.20 bits per heavy atom. The number of aromatic nitrogens is 1. The van der Waals surface area contributed by atoms with Crippen molar-refractivity contribution in [1.29, 1.82) is 0 Å². The Bertz CT molecular complexity index is 473. The van der Waals surface area contributed by atoms with Crippen LogP contribution in [0.1, 0.15) is 40.5 Å². The van der Waals surface area contributed by atoms with Gasteiger partial charge in [-0.25, -0.2) is 4.79 Å². The minimum atomic E-state index is -1.12. The lowest BCUT2D eigenvalue weighted by molar-refractivity contribution is 0.0693. The zero-order valence-corrected chi connectivity index (χ0v) is 8.59. The number of carboxylic acid groups (broad SMARTS) is 1. The van der Waals surface area contributed by atoms with Crippen molar-refractivity contribution in [1.82, 2.24) is 4.98 Å². The standard InChI is InChI=1S/C11H13NO3/c1-2-6-7-4-3-5-8(7)12-10(13)9(6)11(14)15/h2-5H2,1H3,(H,12,13)(H,14,15). The molecule has 4 heteroatoms. The number of rotatable bonds is 2. The summed E-state index contributed by atoms with van der Waals surface area (Å²) in [6.07, 6.45) is 3.35. The fourth-order valence-electron chi connectivity index (χ4n) is 2.32. The molecule has 0 aliphatic heterocycles. The number of carbonyl (C=O) groups is 1. The highest BCUT2D eigenvalue weighted by atomic mass is 16.4. The average Bonchev–Trinajstić information content (AvgIpc) is 2.62. The Morgan fingerprint density at radius 3 is 2.80 bits per heavy atom. The van der Waals surface area contributed by atoms with Gasteiger partial charge in [0, 0.05) is 5.69 Å². The number of nitrogens with one attached hydrogen (secondary N) is 1. The SMILES string of the molecule is CCc1c2c([nH]c(=O)c1C(=O)O)CCC2. The summed E-state index contributed by atoms with van der Waals surface area (Å²) in [4.78, 5) is 25.2. The molecule has 0 radical (unpaired) electrons. The van der Waals surface area contributed by atoms with Gasteiger partial charge in [0.15, 0.2) is 0 Å². The molecule has 0 spiro atoms. The van der Waals surface area contributed by atoms with Crippen molar-refractivity contribution in [3.05, 3.63) is 32.7 Å². The van der Waals surface area contributed by atoms with Crippen molar-refractivity contribution in [2.24, 2.45) is 0 Å². The second-order valence-corrected chi connectivity index (χ2v) is 3.78. The zero-order chi connectivity index (χ0) is 11.0. The molecule has 4 nitrogen and oxygen atoms in total. The zero-order valence-electron chi connectivity index (χ0n) is 8.59. The summed E-state index contributed by atoms with van der Waals surface area (Å²) >= 11 is 0. The fraction of sp³-hybridized carbons (Fsp3) is 0.455. The van der Waals surface area contributed by atoms with Gasteiger partial charge in [0.1, 0.15) is 5.56 Å². The molecule has 1 aromatic heterocycles. The van der Waals surface area contributed by atoms with E-state index in [2.05, 4.69) is 4.98 Å². The third kappa shape index (κ3) is 1.46. The van der Waals surface area contributed by atoms with Crippen LogP contribution in [0.15, 0.2) is 4.79 Å². The largest absolute Gasteiger partial charge is 0.477 e. The molecule has 0 amide bonds. The lowest BCUT2D eigenvalue weighted by atomic mass is 10.00. The van der Waals surface area contributed by atoms with Crippen LogP contribution in [0.4, 0.5) is 0 Å². The molecular weight excluding hydrogens is 194 g/mol.